The SMILES string of the molecule is C=C/C=C(\C=C)C(CC)N(C)C.CC. The number of nitrogens with zero attached hydrogens (tertiary/aromatic N) is 1. The van der Waals surface area contributed by atoms with Gasteiger partial charge in [-0.3, -0.25) is 0 Å². The fraction of sp³-hybridized carbons (Fsp3) is 0.538. The van der Waals surface area contributed by atoms with Crippen LogP contribution in [0.3, 0.4) is 0 Å². The molecule has 0 aliphatic heterocycles. The molecule has 0 aliphatic rings. The van der Waals surface area contributed by atoms with E-state index in [9.17, 15) is 0 Å². The van der Waals surface area contributed by atoms with E-state index in [1.54, 1.807) is 0 Å². The molecule has 0 spiro atoms. The minimum absolute atomic E-state index is 0.459. The van der Waals surface area contributed by atoms with Gasteiger partial charge in [-0.1, -0.05) is 52.2 Å². The van der Waals surface area contributed by atoms with Gasteiger partial charge in [0.2, 0.25) is 0 Å². The minimum atomic E-state index is 0.459. The zero-order valence-corrected chi connectivity index (χ0v) is 10.4. The van der Waals surface area contributed by atoms with Crippen LogP contribution < -0.4 is 0 Å². The van der Waals surface area contributed by atoms with Gasteiger partial charge in [0.05, 0.1) is 0 Å². The van der Waals surface area contributed by atoms with Gasteiger partial charge in [0.1, 0.15) is 0 Å². The van der Waals surface area contributed by atoms with Crippen LogP contribution in [0.15, 0.2) is 37.0 Å². The predicted molar refractivity (Wildman–Crippen MR) is 67.6 cm³/mol. The van der Waals surface area contributed by atoms with Crippen LogP contribution >= 0.6 is 0 Å². The molecule has 0 aromatic carbocycles. The van der Waals surface area contributed by atoms with E-state index in [0.29, 0.717) is 6.04 Å². The fourth-order valence-electron chi connectivity index (χ4n) is 1.35. The molecule has 1 unspecified atom stereocenters. The summed E-state index contributed by atoms with van der Waals surface area (Å²) in [6.07, 6.45) is 6.82. The van der Waals surface area contributed by atoms with Gasteiger partial charge < -0.3 is 4.90 Å². The minimum Gasteiger partial charge on any atom is -0.302 e. The number of hydrogen-bond acceptors (Lipinski definition) is 1. The highest BCUT2D eigenvalue weighted by Crippen LogP contribution is 2.12. The van der Waals surface area contributed by atoms with Crippen molar-refractivity contribution in [1.82, 2.24) is 4.90 Å². The van der Waals surface area contributed by atoms with Gasteiger partial charge in [0, 0.05) is 6.04 Å². The standard InChI is InChI=1S/C11H19N.C2H6/c1-6-9-10(7-2)11(8-3)12(4)5;1-2/h6-7,9,11H,1-2,8H2,3-5H3;1-2H3/b10-9+;. The largest absolute Gasteiger partial charge is 0.302 e. The Bertz CT molecular complexity index is 178. The highest BCUT2D eigenvalue weighted by atomic mass is 15.1. The van der Waals surface area contributed by atoms with E-state index in [1.807, 2.05) is 32.1 Å². The Morgan fingerprint density at radius 2 is 1.79 bits per heavy atom. The number of rotatable bonds is 5. The predicted octanol–water partition coefficient (Wildman–Crippen LogP) is 3.65. The van der Waals surface area contributed by atoms with Crippen molar-refractivity contribution in [2.75, 3.05) is 14.1 Å². The van der Waals surface area contributed by atoms with Crippen LogP contribution in [0.1, 0.15) is 27.2 Å². The average molecular weight is 195 g/mol. The third-order valence-corrected chi connectivity index (χ3v) is 1.94. The molecule has 0 saturated carbocycles. The van der Waals surface area contributed by atoms with E-state index in [0.717, 1.165) is 6.42 Å². The first kappa shape index (κ1) is 15.6. The molecule has 0 aliphatic carbocycles. The molecule has 1 nitrogen and oxygen atoms in total. The molecule has 0 aromatic heterocycles. The van der Waals surface area contributed by atoms with Gasteiger partial charge >= 0.3 is 0 Å². The first-order valence-corrected chi connectivity index (χ1v) is 5.28. The Morgan fingerprint density at radius 1 is 1.29 bits per heavy atom. The van der Waals surface area contributed by atoms with Crippen LogP contribution in [0.2, 0.25) is 0 Å². The summed E-state index contributed by atoms with van der Waals surface area (Å²) in [5.74, 6) is 0. The lowest BCUT2D eigenvalue weighted by atomic mass is 10.0. The van der Waals surface area contributed by atoms with Crippen molar-refractivity contribution in [1.29, 1.82) is 0 Å². The van der Waals surface area contributed by atoms with Gasteiger partial charge in [0.15, 0.2) is 0 Å². The van der Waals surface area contributed by atoms with Crippen LogP contribution in [0.4, 0.5) is 0 Å². The monoisotopic (exact) mass is 195 g/mol. The maximum absolute atomic E-state index is 3.79. The summed E-state index contributed by atoms with van der Waals surface area (Å²) in [5.41, 5.74) is 1.23. The van der Waals surface area contributed by atoms with Crippen molar-refractivity contribution in [3.8, 4) is 0 Å². The molecule has 0 fully saturated rings. The lowest BCUT2D eigenvalue weighted by Gasteiger charge is -2.23. The summed E-state index contributed by atoms with van der Waals surface area (Å²) in [6, 6.07) is 0.459. The molecule has 0 radical (unpaired) electrons. The maximum atomic E-state index is 3.79. The van der Waals surface area contributed by atoms with Crippen LogP contribution in [0.25, 0.3) is 0 Å². The normalized spacial score (nSPS) is 12.9. The first-order chi connectivity index (χ1) is 6.67. The van der Waals surface area contributed by atoms with Gasteiger partial charge in [-0.15, -0.1) is 0 Å². The lowest BCUT2D eigenvalue weighted by molar-refractivity contribution is 0.327. The lowest BCUT2D eigenvalue weighted by Crippen LogP contribution is -2.28. The Hall–Kier alpha value is -0.820. The number of allylic oxidation sites excluding steroid dienone is 2. The summed E-state index contributed by atoms with van der Waals surface area (Å²) in [4.78, 5) is 2.19. The number of likely N-dealkylation sites (N-methyl/N-ethyl adjacent to an activating group) is 1. The van der Waals surface area contributed by atoms with Crippen molar-refractivity contribution in [2.24, 2.45) is 0 Å². The van der Waals surface area contributed by atoms with Gasteiger partial charge in [-0.2, -0.15) is 0 Å². The van der Waals surface area contributed by atoms with Crippen LogP contribution in [0, 0.1) is 0 Å². The van der Waals surface area contributed by atoms with Crippen LogP contribution in [0.5, 0.6) is 0 Å². The average Bonchev–Trinajstić information content (AvgIpc) is 2.20. The van der Waals surface area contributed by atoms with Crippen molar-refractivity contribution >= 4 is 0 Å². The molecule has 0 amide bonds. The molecular formula is C13H25N. The zero-order valence-electron chi connectivity index (χ0n) is 10.4. The van der Waals surface area contributed by atoms with Crippen molar-refractivity contribution in [2.45, 2.75) is 33.2 Å². The topological polar surface area (TPSA) is 3.24 Å². The quantitative estimate of drug-likeness (QED) is 0.605. The summed E-state index contributed by atoms with van der Waals surface area (Å²) < 4.78 is 0. The van der Waals surface area contributed by atoms with E-state index in [2.05, 4.69) is 39.1 Å². The summed E-state index contributed by atoms with van der Waals surface area (Å²) >= 11 is 0. The van der Waals surface area contributed by atoms with Crippen molar-refractivity contribution in [3.05, 3.63) is 37.0 Å². The molecule has 0 saturated heterocycles. The molecule has 1 atom stereocenters. The Morgan fingerprint density at radius 3 is 2.00 bits per heavy atom. The van der Waals surface area contributed by atoms with E-state index in [-0.39, 0.29) is 0 Å². The zero-order chi connectivity index (χ0) is 11.6. The fourth-order valence-corrected chi connectivity index (χ4v) is 1.35. The van der Waals surface area contributed by atoms with E-state index >= 15 is 0 Å². The molecule has 0 bridgehead atoms. The molecule has 82 valence electrons. The highest BCUT2D eigenvalue weighted by Gasteiger charge is 2.10. The second-order valence-electron chi connectivity index (χ2n) is 2.99. The molecule has 0 aromatic rings. The smallest absolute Gasteiger partial charge is 0.0339 e. The summed E-state index contributed by atoms with van der Waals surface area (Å²) in [7, 11) is 4.16. The molecule has 0 N–H and O–H groups in total. The Balaban J connectivity index is 0. The Labute approximate surface area is 89.8 Å². The first-order valence-electron chi connectivity index (χ1n) is 5.28. The van der Waals surface area contributed by atoms with E-state index < -0.39 is 0 Å². The maximum Gasteiger partial charge on any atom is 0.0339 e. The molecule has 14 heavy (non-hydrogen) atoms. The third kappa shape index (κ3) is 5.76. The van der Waals surface area contributed by atoms with Gasteiger partial charge in [-0.25, -0.2) is 0 Å². The molecule has 0 rings (SSSR count). The van der Waals surface area contributed by atoms with Crippen LogP contribution in [-0.4, -0.2) is 25.0 Å². The number of hydrogen-bond donors (Lipinski definition) is 0. The van der Waals surface area contributed by atoms with E-state index in [4.69, 9.17) is 0 Å². The van der Waals surface area contributed by atoms with E-state index in [1.165, 1.54) is 5.57 Å². The summed E-state index contributed by atoms with van der Waals surface area (Å²) in [6.45, 7) is 13.6. The molecule has 1 heteroatoms. The highest BCUT2D eigenvalue weighted by molar-refractivity contribution is 5.26. The molecular weight excluding hydrogens is 170 g/mol. The van der Waals surface area contributed by atoms with Crippen molar-refractivity contribution in [3.63, 3.8) is 0 Å². The third-order valence-electron chi connectivity index (χ3n) is 1.94. The second-order valence-corrected chi connectivity index (χ2v) is 2.99. The summed E-state index contributed by atoms with van der Waals surface area (Å²) in [5, 5.41) is 0. The van der Waals surface area contributed by atoms with Gasteiger partial charge in [-0.05, 0) is 26.1 Å². The molecule has 0 heterocycles. The second kappa shape index (κ2) is 10.3. The van der Waals surface area contributed by atoms with Crippen LogP contribution in [-0.2, 0) is 0 Å². The Kier molecular flexibility index (Phi) is 11.5. The van der Waals surface area contributed by atoms with Crippen molar-refractivity contribution < 1.29 is 0 Å². The van der Waals surface area contributed by atoms with Gasteiger partial charge in [0.25, 0.3) is 0 Å².